The molecule has 1 aromatic rings. The van der Waals surface area contributed by atoms with Crippen LogP contribution in [-0.4, -0.2) is 23.0 Å². The van der Waals surface area contributed by atoms with Crippen molar-refractivity contribution in [2.24, 2.45) is 0 Å². The van der Waals surface area contributed by atoms with Gasteiger partial charge in [0.15, 0.2) is 0 Å². The summed E-state index contributed by atoms with van der Waals surface area (Å²) in [5, 5.41) is 10.5. The van der Waals surface area contributed by atoms with Crippen molar-refractivity contribution in [3.63, 3.8) is 0 Å². The van der Waals surface area contributed by atoms with Gasteiger partial charge in [0.2, 0.25) is 5.82 Å². The predicted molar refractivity (Wildman–Crippen MR) is 52.1 cm³/mol. The van der Waals surface area contributed by atoms with Gasteiger partial charge in [-0.3, -0.25) is 10.1 Å². The molecule has 0 bridgehead atoms. The van der Waals surface area contributed by atoms with E-state index in [0.717, 1.165) is 25.3 Å². The number of anilines is 2. The van der Waals surface area contributed by atoms with Gasteiger partial charge in [-0.05, 0) is 12.5 Å². The molecule has 6 nitrogen and oxygen atoms in total. The van der Waals surface area contributed by atoms with E-state index in [9.17, 15) is 10.1 Å². The maximum atomic E-state index is 10.5. The van der Waals surface area contributed by atoms with Gasteiger partial charge in [-0.1, -0.05) is 0 Å². The number of nitrogens with zero attached hydrogens (tertiary/aromatic N) is 3. The first-order chi connectivity index (χ1) is 6.68. The van der Waals surface area contributed by atoms with Gasteiger partial charge >= 0.3 is 5.69 Å². The number of pyridine rings is 1. The molecule has 0 aliphatic carbocycles. The zero-order chi connectivity index (χ0) is 10.1. The monoisotopic (exact) mass is 194 g/mol. The van der Waals surface area contributed by atoms with Gasteiger partial charge < -0.3 is 10.6 Å². The number of nitro groups is 1. The van der Waals surface area contributed by atoms with Gasteiger partial charge in [0, 0.05) is 19.2 Å². The van der Waals surface area contributed by atoms with E-state index in [1.807, 2.05) is 4.90 Å². The van der Waals surface area contributed by atoms with Crippen LogP contribution in [0.15, 0.2) is 12.1 Å². The van der Waals surface area contributed by atoms with Crippen molar-refractivity contribution in [3.8, 4) is 0 Å². The Kier molecular flexibility index (Phi) is 1.95. The van der Waals surface area contributed by atoms with E-state index in [2.05, 4.69) is 4.98 Å². The fourth-order valence-electron chi connectivity index (χ4n) is 1.33. The summed E-state index contributed by atoms with van der Waals surface area (Å²) in [6.45, 7) is 1.90. The number of aromatic nitrogens is 1. The van der Waals surface area contributed by atoms with Crippen molar-refractivity contribution in [2.75, 3.05) is 23.7 Å². The quantitative estimate of drug-likeness (QED) is 0.555. The highest BCUT2D eigenvalue weighted by Crippen LogP contribution is 2.25. The van der Waals surface area contributed by atoms with Crippen molar-refractivity contribution < 1.29 is 4.92 Å². The SMILES string of the molecule is Nc1nc(N2CCC2)ccc1[N+](=O)[O-]. The maximum Gasteiger partial charge on any atom is 0.311 e. The van der Waals surface area contributed by atoms with E-state index >= 15 is 0 Å². The smallest absolute Gasteiger partial charge is 0.311 e. The molecule has 1 aliphatic rings. The fraction of sp³-hybridized carbons (Fsp3) is 0.375. The highest BCUT2D eigenvalue weighted by atomic mass is 16.6. The van der Waals surface area contributed by atoms with Crippen LogP contribution in [0.1, 0.15) is 6.42 Å². The highest BCUT2D eigenvalue weighted by molar-refractivity contribution is 5.58. The molecule has 0 unspecified atom stereocenters. The molecule has 0 amide bonds. The molecule has 6 heteroatoms. The van der Waals surface area contributed by atoms with Crippen LogP contribution in [0, 0.1) is 10.1 Å². The molecule has 1 fully saturated rings. The predicted octanol–water partition coefficient (Wildman–Crippen LogP) is 0.782. The summed E-state index contributed by atoms with van der Waals surface area (Å²) in [5.41, 5.74) is 5.33. The largest absolute Gasteiger partial charge is 0.378 e. The second kappa shape index (κ2) is 3.13. The van der Waals surface area contributed by atoms with Crippen LogP contribution in [0.2, 0.25) is 0 Å². The van der Waals surface area contributed by atoms with Crippen LogP contribution in [0.4, 0.5) is 17.3 Å². The lowest BCUT2D eigenvalue weighted by Gasteiger charge is -2.31. The molecular weight excluding hydrogens is 184 g/mol. The Hall–Kier alpha value is -1.85. The van der Waals surface area contributed by atoms with E-state index in [4.69, 9.17) is 5.73 Å². The molecule has 0 aromatic carbocycles. The van der Waals surface area contributed by atoms with Crippen LogP contribution in [0.25, 0.3) is 0 Å². The highest BCUT2D eigenvalue weighted by Gasteiger charge is 2.19. The Morgan fingerprint density at radius 3 is 2.64 bits per heavy atom. The number of hydrogen-bond donors (Lipinski definition) is 1. The third-order valence-electron chi connectivity index (χ3n) is 2.26. The molecule has 2 heterocycles. The third kappa shape index (κ3) is 1.34. The summed E-state index contributed by atoms with van der Waals surface area (Å²) in [7, 11) is 0. The first kappa shape index (κ1) is 8.74. The Labute approximate surface area is 80.5 Å². The summed E-state index contributed by atoms with van der Waals surface area (Å²) in [5.74, 6) is 0.707. The van der Waals surface area contributed by atoms with Gasteiger partial charge in [0.1, 0.15) is 5.82 Å². The second-order valence-electron chi connectivity index (χ2n) is 3.17. The summed E-state index contributed by atoms with van der Waals surface area (Å²) < 4.78 is 0. The fourth-order valence-corrected chi connectivity index (χ4v) is 1.33. The third-order valence-corrected chi connectivity index (χ3v) is 2.26. The van der Waals surface area contributed by atoms with Crippen molar-refractivity contribution in [3.05, 3.63) is 22.2 Å². The van der Waals surface area contributed by atoms with E-state index in [0.29, 0.717) is 0 Å². The van der Waals surface area contributed by atoms with Crippen LogP contribution in [0.5, 0.6) is 0 Å². The molecule has 2 N–H and O–H groups in total. The molecule has 1 aliphatic heterocycles. The second-order valence-corrected chi connectivity index (χ2v) is 3.17. The van der Waals surface area contributed by atoms with E-state index < -0.39 is 4.92 Å². The first-order valence-electron chi connectivity index (χ1n) is 4.34. The Balaban J connectivity index is 2.30. The van der Waals surface area contributed by atoms with Crippen LogP contribution in [-0.2, 0) is 0 Å². The molecule has 0 radical (unpaired) electrons. The molecular formula is C8H10N4O2. The Bertz CT molecular complexity index is 376. The number of nitrogens with two attached hydrogens (primary N) is 1. The minimum atomic E-state index is -0.526. The summed E-state index contributed by atoms with van der Waals surface area (Å²) in [6.07, 6.45) is 1.14. The van der Waals surface area contributed by atoms with Crippen molar-refractivity contribution in [1.82, 2.24) is 4.98 Å². The summed E-state index contributed by atoms with van der Waals surface area (Å²) in [4.78, 5) is 15.9. The minimum absolute atomic E-state index is 0.0144. The van der Waals surface area contributed by atoms with Gasteiger partial charge in [-0.2, -0.15) is 0 Å². The van der Waals surface area contributed by atoms with Crippen molar-refractivity contribution in [1.29, 1.82) is 0 Å². The molecule has 0 saturated carbocycles. The van der Waals surface area contributed by atoms with Gasteiger partial charge in [0.25, 0.3) is 0 Å². The molecule has 2 rings (SSSR count). The van der Waals surface area contributed by atoms with Crippen LogP contribution >= 0.6 is 0 Å². The molecule has 0 spiro atoms. The first-order valence-corrected chi connectivity index (χ1v) is 4.34. The average Bonchev–Trinajstić information content (AvgIpc) is 2.00. The van der Waals surface area contributed by atoms with Gasteiger partial charge in [-0.15, -0.1) is 0 Å². The lowest BCUT2D eigenvalue weighted by atomic mass is 10.2. The normalized spacial score (nSPS) is 15.0. The van der Waals surface area contributed by atoms with E-state index in [1.54, 1.807) is 6.07 Å². The van der Waals surface area contributed by atoms with Gasteiger partial charge in [-0.25, -0.2) is 4.98 Å². The molecule has 0 atom stereocenters. The lowest BCUT2D eigenvalue weighted by molar-refractivity contribution is -0.384. The lowest BCUT2D eigenvalue weighted by Crippen LogP contribution is -2.37. The minimum Gasteiger partial charge on any atom is -0.378 e. The molecule has 1 saturated heterocycles. The van der Waals surface area contributed by atoms with E-state index in [-0.39, 0.29) is 11.5 Å². The molecule has 74 valence electrons. The standard InChI is InChI=1S/C8H10N4O2/c9-8-6(12(13)14)2-3-7(10-8)11-4-1-5-11/h2-3H,1,4-5H2,(H2,9,10). The van der Waals surface area contributed by atoms with Crippen molar-refractivity contribution in [2.45, 2.75) is 6.42 Å². The van der Waals surface area contributed by atoms with Crippen LogP contribution < -0.4 is 10.6 Å². The van der Waals surface area contributed by atoms with Gasteiger partial charge in [0.05, 0.1) is 4.92 Å². The maximum absolute atomic E-state index is 10.5. The Morgan fingerprint density at radius 2 is 2.21 bits per heavy atom. The van der Waals surface area contributed by atoms with E-state index in [1.165, 1.54) is 6.07 Å². The number of rotatable bonds is 2. The Morgan fingerprint density at radius 1 is 1.50 bits per heavy atom. The van der Waals surface area contributed by atoms with Crippen molar-refractivity contribution >= 4 is 17.3 Å². The number of nitrogen functional groups attached to an aromatic ring is 1. The zero-order valence-electron chi connectivity index (χ0n) is 7.51. The van der Waals surface area contributed by atoms with Crippen LogP contribution in [0.3, 0.4) is 0 Å². The number of hydrogen-bond acceptors (Lipinski definition) is 5. The molecule has 1 aromatic heterocycles. The summed E-state index contributed by atoms with van der Waals surface area (Å²) >= 11 is 0. The molecule has 14 heavy (non-hydrogen) atoms. The summed E-state index contributed by atoms with van der Waals surface area (Å²) in [6, 6.07) is 3.03. The average molecular weight is 194 g/mol. The topological polar surface area (TPSA) is 85.3 Å². The zero-order valence-corrected chi connectivity index (χ0v) is 7.51.